The fourth-order valence-electron chi connectivity index (χ4n) is 1.10. The first-order chi connectivity index (χ1) is 6.81. The van der Waals surface area contributed by atoms with Gasteiger partial charge < -0.3 is 0 Å². The smallest absolute Gasteiger partial charge is 0.153 e. The van der Waals surface area contributed by atoms with Gasteiger partial charge in [0.05, 0.1) is 0 Å². The van der Waals surface area contributed by atoms with Crippen molar-refractivity contribution in [1.29, 1.82) is 0 Å². The molecule has 0 aromatic carbocycles. The molecular weight excluding hydrogens is 265 g/mol. The molecule has 3 nitrogen and oxygen atoms in total. The van der Waals surface area contributed by atoms with Crippen LogP contribution in [0, 0.1) is 0 Å². The van der Waals surface area contributed by atoms with Gasteiger partial charge in [0, 0.05) is 28.9 Å². The average Bonchev–Trinajstić information content (AvgIpc) is 2.71. The summed E-state index contributed by atoms with van der Waals surface area (Å²) in [5.74, 6) is 1.23. The molecule has 2 aromatic rings. The first kappa shape index (κ1) is 9.68. The summed E-state index contributed by atoms with van der Waals surface area (Å²) < 4.78 is 2.62. The van der Waals surface area contributed by atoms with Gasteiger partial charge in [-0.15, -0.1) is 11.6 Å². The molecule has 0 atom stereocenters. The third-order valence-corrected chi connectivity index (χ3v) is 2.81. The van der Waals surface area contributed by atoms with Gasteiger partial charge in [-0.3, -0.25) is 0 Å². The van der Waals surface area contributed by atoms with Crippen molar-refractivity contribution in [1.82, 2.24) is 14.8 Å². The molecule has 0 aliphatic heterocycles. The minimum absolute atomic E-state index is 0.456. The molecule has 0 unspecified atom stereocenters. The molecule has 2 aromatic heterocycles. The quantitative estimate of drug-likeness (QED) is 0.787. The molecule has 0 amide bonds. The lowest BCUT2D eigenvalue weighted by molar-refractivity contribution is 0.843. The molecule has 14 heavy (non-hydrogen) atoms. The van der Waals surface area contributed by atoms with Crippen molar-refractivity contribution in [2.24, 2.45) is 0 Å². The lowest BCUT2D eigenvalue weighted by atomic mass is 10.3. The van der Waals surface area contributed by atoms with E-state index in [2.05, 4.69) is 26.0 Å². The molecule has 0 saturated carbocycles. The van der Waals surface area contributed by atoms with E-state index in [1.54, 1.807) is 17.1 Å². The summed E-state index contributed by atoms with van der Waals surface area (Å²) in [7, 11) is 0. The van der Waals surface area contributed by atoms with Crippen molar-refractivity contribution in [3.05, 3.63) is 40.8 Å². The molecule has 72 valence electrons. The Morgan fingerprint density at radius 2 is 2.36 bits per heavy atom. The van der Waals surface area contributed by atoms with Crippen LogP contribution >= 0.6 is 27.5 Å². The van der Waals surface area contributed by atoms with E-state index in [0.717, 1.165) is 15.9 Å². The highest BCUT2D eigenvalue weighted by Crippen LogP contribution is 2.19. The van der Waals surface area contributed by atoms with Crippen LogP contribution in [0.2, 0.25) is 0 Å². The van der Waals surface area contributed by atoms with Crippen LogP contribution < -0.4 is 0 Å². The molecule has 2 heterocycles. The Labute approximate surface area is 94.9 Å². The number of rotatable bonds is 2. The predicted octanol–water partition coefficient (Wildman–Crippen LogP) is 2.77. The van der Waals surface area contributed by atoms with Crippen LogP contribution in [-0.4, -0.2) is 14.8 Å². The van der Waals surface area contributed by atoms with E-state index in [1.165, 1.54) is 0 Å². The molecule has 0 bridgehead atoms. The van der Waals surface area contributed by atoms with E-state index in [9.17, 15) is 0 Å². The van der Waals surface area contributed by atoms with Crippen molar-refractivity contribution < 1.29 is 0 Å². The Hall–Kier alpha value is -0.870. The topological polar surface area (TPSA) is 30.7 Å². The molecule has 2 rings (SSSR count). The van der Waals surface area contributed by atoms with E-state index in [4.69, 9.17) is 11.6 Å². The highest BCUT2D eigenvalue weighted by atomic mass is 79.9. The molecule has 0 aliphatic rings. The fraction of sp³-hybridized carbons (Fsp3) is 0.111. The maximum absolute atomic E-state index is 5.78. The lowest BCUT2D eigenvalue weighted by Gasteiger charge is -2.03. The zero-order valence-electron chi connectivity index (χ0n) is 7.19. The number of halogens is 2. The molecule has 0 aliphatic carbocycles. The Balaban J connectivity index is 2.46. The van der Waals surface area contributed by atoms with E-state index in [0.29, 0.717) is 5.88 Å². The molecule has 0 saturated heterocycles. The van der Waals surface area contributed by atoms with Crippen molar-refractivity contribution in [2.75, 3.05) is 0 Å². The predicted molar refractivity (Wildman–Crippen MR) is 58.6 cm³/mol. The van der Waals surface area contributed by atoms with Gasteiger partial charge in [-0.2, -0.15) is 5.10 Å². The number of alkyl halides is 1. The zero-order chi connectivity index (χ0) is 9.97. The van der Waals surface area contributed by atoms with Gasteiger partial charge in [-0.25, -0.2) is 9.67 Å². The molecule has 0 radical (unpaired) electrons. The van der Waals surface area contributed by atoms with Gasteiger partial charge >= 0.3 is 0 Å². The summed E-state index contributed by atoms with van der Waals surface area (Å²) in [6.07, 6.45) is 5.28. The lowest BCUT2D eigenvalue weighted by Crippen LogP contribution is -1.98. The summed E-state index contributed by atoms with van der Waals surface area (Å²) in [4.78, 5) is 4.22. The van der Waals surface area contributed by atoms with Crippen molar-refractivity contribution in [3.8, 4) is 5.82 Å². The SMILES string of the molecule is ClCc1cc(-n2cccn2)ncc1Br. The maximum atomic E-state index is 5.78. The van der Waals surface area contributed by atoms with Crippen LogP contribution in [0.25, 0.3) is 5.82 Å². The van der Waals surface area contributed by atoms with E-state index in [1.807, 2.05) is 18.3 Å². The molecule has 0 spiro atoms. The van der Waals surface area contributed by atoms with E-state index >= 15 is 0 Å². The third kappa shape index (κ3) is 1.81. The Kier molecular flexibility index (Phi) is 2.84. The number of hydrogen-bond acceptors (Lipinski definition) is 2. The fourth-order valence-corrected chi connectivity index (χ4v) is 1.84. The highest BCUT2D eigenvalue weighted by Gasteiger charge is 2.03. The second-order valence-corrected chi connectivity index (χ2v) is 3.84. The normalized spacial score (nSPS) is 10.4. The maximum Gasteiger partial charge on any atom is 0.153 e. The first-order valence-electron chi connectivity index (χ1n) is 4.01. The van der Waals surface area contributed by atoms with Crippen LogP contribution in [0.1, 0.15) is 5.56 Å². The second kappa shape index (κ2) is 4.11. The van der Waals surface area contributed by atoms with Gasteiger partial charge in [0.2, 0.25) is 0 Å². The monoisotopic (exact) mass is 271 g/mol. The third-order valence-electron chi connectivity index (χ3n) is 1.80. The molecule has 0 N–H and O–H groups in total. The summed E-state index contributed by atoms with van der Waals surface area (Å²) in [5.41, 5.74) is 1.01. The Bertz CT molecular complexity index is 428. The number of pyridine rings is 1. The van der Waals surface area contributed by atoms with Gasteiger partial charge in [0.15, 0.2) is 5.82 Å². The number of nitrogens with zero attached hydrogens (tertiary/aromatic N) is 3. The summed E-state index contributed by atoms with van der Waals surface area (Å²) in [6, 6.07) is 3.76. The summed E-state index contributed by atoms with van der Waals surface area (Å²) in [6.45, 7) is 0. The first-order valence-corrected chi connectivity index (χ1v) is 5.34. The summed E-state index contributed by atoms with van der Waals surface area (Å²) >= 11 is 9.16. The van der Waals surface area contributed by atoms with Gasteiger partial charge in [0.25, 0.3) is 0 Å². The minimum atomic E-state index is 0.456. The van der Waals surface area contributed by atoms with Crippen LogP contribution in [-0.2, 0) is 5.88 Å². The Morgan fingerprint density at radius 3 is 3.00 bits per heavy atom. The number of hydrogen-bond donors (Lipinski definition) is 0. The second-order valence-electron chi connectivity index (χ2n) is 2.72. The molecule has 5 heteroatoms. The van der Waals surface area contributed by atoms with Gasteiger partial charge in [-0.05, 0) is 33.6 Å². The largest absolute Gasteiger partial charge is 0.236 e. The Morgan fingerprint density at radius 1 is 1.50 bits per heavy atom. The zero-order valence-corrected chi connectivity index (χ0v) is 9.53. The standard InChI is InChI=1S/C9H7BrClN3/c10-8-6-12-9(4-7(8)5-11)14-3-1-2-13-14/h1-4,6H,5H2. The van der Waals surface area contributed by atoms with Crippen LogP contribution in [0.15, 0.2) is 35.2 Å². The average molecular weight is 273 g/mol. The molecular formula is C9H7BrClN3. The van der Waals surface area contributed by atoms with Crippen molar-refractivity contribution >= 4 is 27.5 Å². The number of aromatic nitrogens is 3. The van der Waals surface area contributed by atoms with Crippen LogP contribution in [0.5, 0.6) is 0 Å². The highest BCUT2D eigenvalue weighted by molar-refractivity contribution is 9.10. The van der Waals surface area contributed by atoms with Gasteiger partial charge in [-0.1, -0.05) is 0 Å². The van der Waals surface area contributed by atoms with Crippen molar-refractivity contribution in [2.45, 2.75) is 5.88 Å². The van der Waals surface area contributed by atoms with Gasteiger partial charge in [0.1, 0.15) is 0 Å². The van der Waals surface area contributed by atoms with Crippen LogP contribution in [0.3, 0.4) is 0 Å². The van der Waals surface area contributed by atoms with Crippen LogP contribution in [0.4, 0.5) is 0 Å². The van der Waals surface area contributed by atoms with Crippen molar-refractivity contribution in [3.63, 3.8) is 0 Å². The summed E-state index contributed by atoms with van der Waals surface area (Å²) in [5, 5.41) is 4.09. The van der Waals surface area contributed by atoms with E-state index in [-0.39, 0.29) is 0 Å². The molecule has 0 fully saturated rings. The van der Waals surface area contributed by atoms with E-state index < -0.39 is 0 Å². The minimum Gasteiger partial charge on any atom is -0.236 e.